The molecule has 7 heteroatoms. The molecule has 1 fully saturated rings. The number of carbonyl (C=O) groups excluding carboxylic acids is 1. The quantitative estimate of drug-likeness (QED) is 0.257. The predicted octanol–water partition coefficient (Wildman–Crippen LogP) is 2.58. The molecule has 1 rings (SSSR count). The van der Waals surface area contributed by atoms with Crippen molar-refractivity contribution >= 4 is 35.9 Å². The third-order valence-corrected chi connectivity index (χ3v) is 4.69. The maximum Gasteiger partial charge on any atom is 0.309 e. The van der Waals surface area contributed by atoms with Gasteiger partial charge in [-0.25, -0.2) is 0 Å². The number of likely N-dealkylation sites (tertiary alicyclic amines) is 1. The molecule has 1 aliphatic rings. The van der Waals surface area contributed by atoms with Gasteiger partial charge in [0.25, 0.3) is 0 Å². The molecule has 0 bridgehead atoms. The SMILES string of the molecule is CCNC(=NCC(C)N(CC)CC)N1CCC(C(=O)OCC)CC1.I. The Morgan fingerprint density at radius 3 is 2.32 bits per heavy atom. The lowest BCUT2D eigenvalue weighted by molar-refractivity contribution is -0.149. The Kier molecular flexibility index (Phi) is 13.3. The second-order valence-electron chi connectivity index (χ2n) is 6.28. The van der Waals surface area contributed by atoms with Gasteiger partial charge in [-0.1, -0.05) is 13.8 Å². The van der Waals surface area contributed by atoms with Gasteiger partial charge in [0, 0.05) is 25.7 Å². The zero-order valence-electron chi connectivity index (χ0n) is 16.6. The Morgan fingerprint density at radius 1 is 1.24 bits per heavy atom. The number of halogens is 1. The summed E-state index contributed by atoms with van der Waals surface area (Å²) in [6.07, 6.45) is 1.68. The van der Waals surface area contributed by atoms with Crippen LogP contribution in [0, 0.1) is 5.92 Å². The number of nitrogens with zero attached hydrogens (tertiary/aromatic N) is 3. The van der Waals surface area contributed by atoms with Gasteiger partial charge in [0.05, 0.1) is 19.1 Å². The zero-order chi connectivity index (χ0) is 17.9. The summed E-state index contributed by atoms with van der Waals surface area (Å²) in [4.78, 5) is 21.4. The van der Waals surface area contributed by atoms with Gasteiger partial charge in [0.1, 0.15) is 0 Å². The standard InChI is InChI=1S/C18H36N4O2.HI/c1-6-19-18(20-14-15(5)21(7-2)8-3)22-12-10-16(11-13-22)17(23)24-9-4;/h15-16H,6-14H2,1-5H3,(H,19,20);1H. The van der Waals surface area contributed by atoms with Gasteiger partial charge in [0.2, 0.25) is 0 Å². The maximum atomic E-state index is 11.9. The van der Waals surface area contributed by atoms with Crippen LogP contribution in [0.4, 0.5) is 0 Å². The van der Waals surface area contributed by atoms with E-state index in [4.69, 9.17) is 9.73 Å². The van der Waals surface area contributed by atoms with E-state index in [9.17, 15) is 4.79 Å². The number of piperidine rings is 1. The van der Waals surface area contributed by atoms with E-state index in [1.165, 1.54) is 0 Å². The van der Waals surface area contributed by atoms with Crippen LogP contribution >= 0.6 is 24.0 Å². The Balaban J connectivity index is 0.00000576. The van der Waals surface area contributed by atoms with Crippen molar-refractivity contribution in [2.75, 3.05) is 45.9 Å². The minimum atomic E-state index is -0.0470. The lowest BCUT2D eigenvalue weighted by Crippen LogP contribution is -2.47. The van der Waals surface area contributed by atoms with Crippen molar-refractivity contribution < 1.29 is 9.53 Å². The van der Waals surface area contributed by atoms with Crippen molar-refractivity contribution in [1.29, 1.82) is 0 Å². The van der Waals surface area contributed by atoms with E-state index in [1.807, 2.05) is 6.92 Å². The topological polar surface area (TPSA) is 57.2 Å². The number of guanidine groups is 1. The molecular weight excluding hydrogens is 431 g/mol. The first kappa shape index (κ1) is 24.4. The van der Waals surface area contributed by atoms with Crippen LogP contribution < -0.4 is 5.32 Å². The molecule has 1 heterocycles. The van der Waals surface area contributed by atoms with Crippen LogP contribution in [0.1, 0.15) is 47.5 Å². The number of hydrogen-bond donors (Lipinski definition) is 1. The van der Waals surface area contributed by atoms with Gasteiger partial charge in [-0.2, -0.15) is 0 Å². The predicted molar refractivity (Wildman–Crippen MR) is 115 cm³/mol. The Hall–Kier alpha value is -0.570. The van der Waals surface area contributed by atoms with Crippen molar-refractivity contribution in [3.05, 3.63) is 0 Å². The van der Waals surface area contributed by atoms with E-state index in [-0.39, 0.29) is 35.9 Å². The minimum absolute atomic E-state index is 0. The molecule has 0 aromatic heterocycles. The van der Waals surface area contributed by atoms with Crippen LogP contribution in [0.3, 0.4) is 0 Å². The largest absolute Gasteiger partial charge is 0.466 e. The lowest BCUT2D eigenvalue weighted by atomic mass is 9.97. The van der Waals surface area contributed by atoms with Crippen LogP contribution in [0.5, 0.6) is 0 Å². The van der Waals surface area contributed by atoms with E-state index in [1.54, 1.807) is 0 Å². The van der Waals surface area contributed by atoms with Gasteiger partial charge in [-0.3, -0.25) is 14.7 Å². The van der Waals surface area contributed by atoms with Crippen molar-refractivity contribution in [2.45, 2.75) is 53.5 Å². The van der Waals surface area contributed by atoms with Crippen molar-refractivity contribution in [1.82, 2.24) is 15.1 Å². The van der Waals surface area contributed by atoms with Crippen LogP contribution in [0.2, 0.25) is 0 Å². The molecular formula is C18H37IN4O2. The Labute approximate surface area is 170 Å². The number of carbonyl (C=O) groups is 1. The molecule has 1 atom stereocenters. The molecule has 0 aliphatic carbocycles. The second-order valence-corrected chi connectivity index (χ2v) is 6.28. The number of rotatable bonds is 8. The fourth-order valence-corrected chi connectivity index (χ4v) is 3.19. The number of ether oxygens (including phenoxy) is 1. The van der Waals surface area contributed by atoms with Crippen molar-refractivity contribution in [3.8, 4) is 0 Å². The maximum absolute atomic E-state index is 11.9. The van der Waals surface area contributed by atoms with Gasteiger partial charge in [-0.05, 0) is 46.7 Å². The normalized spacial score (nSPS) is 17.2. The molecule has 0 amide bonds. The highest BCUT2D eigenvalue weighted by Gasteiger charge is 2.27. The van der Waals surface area contributed by atoms with E-state index < -0.39 is 0 Å². The molecule has 0 spiro atoms. The average Bonchev–Trinajstić information content (AvgIpc) is 2.60. The van der Waals surface area contributed by atoms with Gasteiger partial charge >= 0.3 is 5.97 Å². The molecule has 6 nitrogen and oxygen atoms in total. The fourth-order valence-electron chi connectivity index (χ4n) is 3.19. The monoisotopic (exact) mass is 468 g/mol. The molecule has 148 valence electrons. The fraction of sp³-hybridized carbons (Fsp3) is 0.889. The second kappa shape index (κ2) is 13.6. The van der Waals surface area contributed by atoms with Crippen LogP contribution in [0.15, 0.2) is 4.99 Å². The van der Waals surface area contributed by atoms with E-state index in [2.05, 4.69) is 42.8 Å². The molecule has 25 heavy (non-hydrogen) atoms. The molecule has 1 unspecified atom stereocenters. The molecule has 0 radical (unpaired) electrons. The van der Waals surface area contributed by atoms with Crippen LogP contribution in [-0.4, -0.2) is 73.6 Å². The van der Waals surface area contributed by atoms with E-state index in [0.717, 1.165) is 58.1 Å². The zero-order valence-corrected chi connectivity index (χ0v) is 18.9. The lowest BCUT2D eigenvalue weighted by Gasteiger charge is -2.34. The minimum Gasteiger partial charge on any atom is -0.466 e. The first-order valence-corrected chi connectivity index (χ1v) is 9.51. The summed E-state index contributed by atoms with van der Waals surface area (Å²) in [5, 5.41) is 3.39. The number of nitrogens with one attached hydrogen (secondary N) is 1. The molecule has 1 aliphatic heterocycles. The third-order valence-electron chi connectivity index (χ3n) is 4.69. The first-order chi connectivity index (χ1) is 11.6. The van der Waals surface area contributed by atoms with Crippen LogP contribution in [0.25, 0.3) is 0 Å². The van der Waals surface area contributed by atoms with Gasteiger partial charge in [-0.15, -0.1) is 24.0 Å². The Morgan fingerprint density at radius 2 is 1.84 bits per heavy atom. The van der Waals surface area contributed by atoms with Crippen molar-refractivity contribution in [3.63, 3.8) is 0 Å². The summed E-state index contributed by atoms with van der Waals surface area (Å²) in [7, 11) is 0. The molecule has 0 saturated carbocycles. The van der Waals surface area contributed by atoms with Gasteiger partial charge in [0.15, 0.2) is 5.96 Å². The molecule has 0 aromatic carbocycles. The summed E-state index contributed by atoms with van der Waals surface area (Å²) < 4.78 is 5.15. The summed E-state index contributed by atoms with van der Waals surface area (Å²) in [6, 6.07) is 0.436. The van der Waals surface area contributed by atoms with Crippen LogP contribution in [-0.2, 0) is 9.53 Å². The number of esters is 1. The molecule has 0 aromatic rings. The highest BCUT2D eigenvalue weighted by atomic mass is 127. The summed E-state index contributed by atoms with van der Waals surface area (Å²) in [5.74, 6) is 0.965. The number of likely N-dealkylation sites (N-methyl/N-ethyl adjacent to an activating group) is 1. The Bertz CT molecular complexity index is 395. The smallest absolute Gasteiger partial charge is 0.309 e. The van der Waals surface area contributed by atoms with Gasteiger partial charge < -0.3 is 15.0 Å². The first-order valence-electron chi connectivity index (χ1n) is 9.51. The number of aliphatic imine (C=N–C) groups is 1. The molecule has 1 saturated heterocycles. The highest BCUT2D eigenvalue weighted by Crippen LogP contribution is 2.18. The summed E-state index contributed by atoms with van der Waals surface area (Å²) in [5.41, 5.74) is 0. The van der Waals surface area contributed by atoms with E-state index in [0.29, 0.717) is 12.6 Å². The summed E-state index contributed by atoms with van der Waals surface area (Å²) >= 11 is 0. The highest BCUT2D eigenvalue weighted by molar-refractivity contribution is 14.0. The third kappa shape index (κ3) is 8.11. The average molecular weight is 468 g/mol. The van der Waals surface area contributed by atoms with Crippen molar-refractivity contribution in [2.24, 2.45) is 10.9 Å². The summed E-state index contributed by atoms with van der Waals surface area (Å²) in [6.45, 7) is 16.5. The number of hydrogen-bond acceptors (Lipinski definition) is 4. The molecule has 1 N–H and O–H groups in total. The van der Waals surface area contributed by atoms with E-state index >= 15 is 0 Å².